The Hall–Kier alpha value is -3.72. The smallest absolute Gasteiger partial charge is 0.387 e. The molecule has 0 aliphatic heterocycles. The van der Waals surface area contributed by atoms with Crippen molar-refractivity contribution >= 4 is 21.7 Å². The maximum Gasteiger partial charge on any atom is 0.387 e. The van der Waals surface area contributed by atoms with E-state index in [9.17, 15) is 26.8 Å². The Morgan fingerprint density at radius 1 is 1.12 bits per heavy atom. The van der Waals surface area contributed by atoms with E-state index in [0.29, 0.717) is 5.75 Å². The highest BCUT2D eigenvalue weighted by molar-refractivity contribution is 7.90. The fourth-order valence-corrected chi connectivity index (χ4v) is 4.37. The van der Waals surface area contributed by atoms with Gasteiger partial charge in [0.25, 0.3) is 5.91 Å². The summed E-state index contributed by atoms with van der Waals surface area (Å²) in [6.45, 7) is -3.55. The number of carbonyl (C=O) groups excluding carboxylic acids is 2. The third-order valence-corrected chi connectivity index (χ3v) is 5.89. The number of rotatable bonds is 11. The summed E-state index contributed by atoms with van der Waals surface area (Å²) < 4.78 is 60.1. The first-order chi connectivity index (χ1) is 15.6. The van der Waals surface area contributed by atoms with Crippen LogP contribution in [-0.4, -0.2) is 52.3 Å². The quantitative estimate of drug-likeness (QED) is 0.466. The molecule has 0 bridgehead atoms. The number of amides is 2. The Morgan fingerprint density at radius 3 is 2.39 bits per heavy atom. The van der Waals surface area contributed by atoms with Crippen molar-refractivity contribution in [3.63, 3.8) is 0 Å². The molecule has 0 spiro atoms. The molecule has 176 valence electrons. The first kappa shape index (κ1) is 25.5. The van der Waals surface area contributed by atoms with Crippen molar-refractivity contribution in [3.05, 3.63) is 59.7 Å². The van der Waals surface area contributed by atoms with Crippen LogP contribution >= 0.6 is 0 Å². The lowest BCUT2D eigenvalue weighted by atomic mass is 10.2. The van der Waals surface area contributed by atoms with Gasteiger partial charge in [0.2, 0.25) is 5.91 Å². The number of hydrogen-bond acceptors (Lipinski definition) is 7. The van der Waals surface area contributed by atoms with Gasteiger partial charge >= 0.3 is 6.61 Å². The number of nitriles is 1. The number of methoxy groups -OCH3 is 1. The third-order valence-electron chi connectivity index (χ3n) is 4.30. The maximum atomic E-state index is 12.8. The van der Waals surface area contributed by atoms with Crippen LogP contribution in [0.2, 0.25) is 0 Å². The van der Waals surface area contributed by atoms with Crippen molar-refractivity contribution in [1.29, 1.82) is 5.26 Å². The topological polar surface area (TPSA) is 135 Å². The Bertz CT molecular complexity index is 1120. The van der Waals surface area contributed by atoms with Gasteiger partial charge in [-0.25, -0.2) is 8.42 Å². The van der Waals surface area contributed by atoms with Crippen molar-refractivity contribution in [2.24, 2.45) is 0 Å². The lowest BCUT2D eigenvalue weighted by Gasteiger charge is -2.18. The highest BCUT2D eigenvalue weighted by atomic mass is 32.2. The molecule has 1 atom stereocenters. The van der Waals surface area contributed by atoms with Crippen molar-refractivity contribution < 1.29 is 36.3 Å². The number of nitrogens with zero attached hydrogens (tertiary/aromatic N) is 1. The van der Waals surface area contributed by atoms with E-state index in [4.69, 9.17) is 10.00 Å². The monoisotopic (exact) mass is 481 g/mol. The number of ether oxygens (including phenoxy) is 2. The number of carbonyl (C=O) groups is 2. The van der Waals surface area contributed by atoms with E-state index in [-0.39, 0.29) is 16.9 Å². The first-order valence-corrected chi connectivity index (χ1v) is 11.3. The Morgan fingerprint density at radius 2 is 1.79 bits per heavy atom. The normalized spacial score (nSPS) is 11.8. The van der Waals surface area contributed by atoms with Crippen molar-refractivity contribution in [1.82, 2.24) is 10.6 Å². The molecule has 2 amide bonds. The molecular weight excluding hydrogens is 460 g/mol. The summed E-state index contributed by atoms with van der Waals surface area (Å²) in [5.74, 6) is -3.00. The van der Waals surface area contributed by atoms with E-state index in [0.717, 1.165) is 0 Å². The summed E-state index contributed by atoms with van der Waals surface area (Å²) in [4.78, 5) is 25.0. The van der Waals surface area contributed by atoms with Crippen LogP contribution in [0.3, 0.4) is 0 Å². The summed E-state index contributed by atoms with van der Waals surface area (Å²) in [7, 11) is -2.66. The molecule has 2 aromatic carbocycles. The van der Waals surface area contributed by atoms with Gasteiger partial charge in [0.1, 0.15) is 24.1 Å². The summed E-state index contributed by atoms with van der Waals surface area (Å²) in [6, 6.07) is 11.4. The van der Waals surface area contributed by atoms with Crippen molar-refractivity contribution in [2.45, 2.75) is 18.4 Å². The molecule has 0 saturated heterocycles. The third kappa shape index (κ3) is 8.04. The number of para-hydroxylation sites is 1. The van der Waals surface area contributed by atoms with Gasteiger partial charge < -0.3 is 20.1 Å². The molecule has 12 heteroatoms. The first-order valence-electron chi connectivity index (χ1n) is 9.48. The van der Waals surface area contributed by atoms with Crippen molar-refractivity contribution in [3.8, 4) is 17.6 Å². The minimum atomic E-state index is -4.10. The average molecular weight is 481 g/mol. The van der Waals surface area contributed by atoms with Gasteiger partial charge in [-0.15, -0.1) is 0 Å². The molecule has 0 aliphatic rings. The van der Waals surface area contributed by atoms with Crippen LogP contribution in [0.5, 0.6) is 11.5 Å². The Balaban J connectivity index is 2.22. The molecule has 0 saturated carbocycles. The van der Waals surface area contributed by atoms with Crippen molar-refractivity contribution in [2.75, 3.05) is 19.4 Å². The minimum absolute atomic E-state index is 0.0320. The highest BCUT2D eigenvalue weighted by Crippen LogP contribution is 2.23. The van der Waals surface area contributed by atoms with Crippen LogP contribution in [0.4, 0.5) is 8.78 Å². The molecule has 9 nitrogen and oxygen atoms in total. The maximum absolute atomic E-state index is 12.8. The number of benzene rings is 2. The van der Waals surface area contributed by atoms with E-state index in [1.54, 1.807) is 6.07 Å². The van der Waals surface area contributed by atoms with Gasteiger partial charge in [0.05, 0.1) is 24.7 Å². The van der Waals surface area contributed by atoms with E-state index < -0.39 is 52.4 Å². The zero-order chi connectivity index (χ0) is 24.4. The van der Waals surface area contributed by atoms with Crippen LogP contribution in [0, 0.1) is 11.3 Å². The van der Waals surface area contributed by atoms with E-state index in [1.807, 2.05) is 0 Å². The second-order valence-corrected chi connectivity index (χ2v) is 8.78. The second-order valence-electron chi connectivity index (χ2n) is 6.67. The largest absolute Gasteiger partial charge is 0.497 e. The molecule has 0 aliphatic carbocycles. The van der Waals surface area contributed by atoms with Crippen LogP contribution in [0.1, 0.15) is 15.9 Å². The van der Waals surface area contributed by atoms with Gasteiger partial charge in [-0.2, -0.15) is 14.0 Å². The number of sulfone groups is 1. The summed E-state index contributed by atoms with van der Waals surface area (Å²) in [5, 5.41) is 13.2. The lowest BCUT2D eigenvalue weighted by Crippen LogP contribution is -2.50. The molecular formula is C21H21F2N3O6S. The van der Waals surface area contributed by atoms with E-state index in [2.05, 4.69) is 15.4 Å². The molecule has 0 radical (unpaired) electrons. The van der Waals surface area contributed by atoms with Gasteiger partial charge in [-0.3, -0.25) is 9.59 Å². The van der Waals surface area contributed by atoms with Crippen LogP contribution in [0.25, 0.3) is 0 Å². The fourth-order valence-electron chi connectivity index (χ4n) is 2.80. The number of alkyl halides is 2. The fraction of sp³-hybridized carbons (Fsp3) is 0.286. The van der Waals surface area contributed by atoms with E-state index >= 15 is 0 Å². The minimum Gasteiger partial charge on any atom is -0.497 e. The van der Waals surface area contributed by atoms with Gasteiger partial charge in [-0.1, -0.05) is 18.2 Å². The zero-order valence-electron chi connectivity index (χ0n) is 17.5. The molecule has 33 heavy (non-hydrogen) atoms. The van der Waals surface area contributed by atoms with E-state index in [1.165, 1.54) is 55.6 Å². The summed E-state index contributed by atoms with van der Waals surface area (Å²) in [5.41, 5.74) is 0.109. The number of halogens is 2. The molecule has 2 aromatic rings. The zero-order valence-corrected chi connectivity index (χ0v) is 18.3. The molecule has 0 aromatic heterocycles. The predicted octanol–water partition coefficient (Wildman–Crippen LogP) is 1.65. The number of nitrogens with one attached hydrogen (secondary N) is 2. The van der Waals surface area contributed by atoms with Gasteiger partial charge in [0.15, 0.2) is 9.84 Å². The summed E-state index contributed by atoms with van der Waals surface area (Å²) in [6.07, 6.45) is 0. The lowest BCUT2D eigenvalue weighted by molar-refractivity contribution is -0.122. The van der Waals surface area contributed by atoms with Gasteiger partial charge in [0, 0.05) is 11.1 Å². The molecule has 0 unspecified atom stereocenters. The second kappa shape index (κ2) is 11.8. The van der Waals surface area contributed by atoms with Crippen LogP contribution in [0.15, 0.2) is 48.5 Å². The average Bonchev–Trinajstić information content (AvgIpc) is 2.77. The predicted molar refractivity (Wildman–Crippen MR) is 113 cm³/mol. The Labute approximate surface area is 189 Å². The van der Waals surface area contributed by atoms with Crippen LogP contribution < -0.4 is 20.1 Å². The van der Waals surface area contributed by atoms with Crippen LogP contribution in [-0.2, 0) is 20.4 Å². The standard InChI is InChI=1S/C21H21F2N3O6S/c1-31-16-8-6-14(7-9-16)19(27)26-17(20(28)25-11-10-24)13-33(29,30)12-15-4-2-3-5-18(15)32-21(22)23/h2-9,17,21H,11-13H2,1H3,(H,25,28)(H,26,27)/t17-/m0/s1. The highest BCUT2D eigenvalue weighted by Gasteiger charge is 2.28. The molecule has 0 heterocycles. The Kier molecular flexibility index (Phi) is 9.11. The molecule has 0 fully saturated rings. The summed E-state index contributed by atoms with van der Waals surface area (Å²) >= 11 is 0. The molecule has 2 N–H and O–H groups in total. The SMILES string of the molecule is COc1ccc(C(=O)N[C@@H](CS(=O)(=O)Cc2ccccc2OC(F)F)C(=O)NCC#N)cc1. The number of hydrogen-bond donors (Lipinski definition) is 2. The molecule has 2 rings (SSSR count). The van der Waals surface area contributed by atoms with Gasteiger partial charge in [-0.05, 0) is 30.3 Å².